The zero-order valence-electron chi connectivity index (χ0n) is 17.0. The molecule has 1 fully saturated rings. The number of nitrogens with zero attached hydrogens (tertiary/aromatic N) is 2. The van der Waals surface area contributed by atoms with E-state index >= 15 is 0 Å². The van der Waals surface area contributed by atoms with Gasteiger partial charge >= 0.3 is 6.18 Å². The number of hydrogen-bond acceptors (Lipinski definition) is 3. The highest BCUT2D eigenvalue weighted by atomic mass is 19.4. The summed E-state index contributed by atoms with van der Waals surface area (Å²) in [4.78, 5) is 21.2. The van der Waals surface area contributed by atoms with Gasteiger partial charge in [-0.05, 0) is 49.4 Å². The molecule has 1 aliphatic rings. The summed E-state index contributed by atoms with van der Waals surface area (Å²) in [5.74, 6) is -0.605. The molecule has 0 saturated heterocycles. The lowest BCUT2D eigenvalue weighted by molar-refractivity contribution is -0.146. The first kappa shape index (κ1) is 21.4. The van der Waals surface area contributed by atoms with Crippen LogP contribution in [0.15, 0.2) is 54.9 Å². The molecule has 2 heterocycles. The normalized spacial score (nSPS) is 19.5. The van der Waals surface area contributed by atoms with Crippen molar-refractivity contribution in [1.29, 1.82) is 0 Å². The number of hydrogen-bond donors (Lipinski definition) is 2. The number of carbonyl (C=O) groups excluding carboxylic acids is 1. The Kier molecular flexibility index (Phi) is 6.27. The first-order valence-corrected chi connectivity index (χ1v) is 10.5. The van der Waals surface area contributed by atoms with Gasteiger partial charge in [-0.3, -0.25) is 9.78 Å². The van der Waals surface area contributed by atoms with Crippen molar-refractivity contribution < 1.29 is 18.0 Å². The second-order valence-electron chi connectivity index (χ2n) is 8.08. The standard InChI is InChI=1S/C23H25F3N4O/c24-23(25,26)15-30(22(31)21-11-17-6-1-2-9-20(17)29-21)19-8-3-7-18(12-19)28-14-16-5-4-10-27-13-16/h1-2,4-6,9-11,13,18-19,28-29H,3,7-8,12,14-15H2/t18-,19?/m0/s1. The summed E-state index contributed by atoms with van der Waals surface area (Å²) in [7, 11) is 0. The maximum Gasteiger partial charge on any atom is 0.406 e. The molecular weight excluding hydrogens is 405 g/mol. The van der Waals surface area contributed by atoms with E-state index in [-0.39, 0.29) is 11.7 Å². The average molecular weight is 430 g/mol. The highest BCUT2D eigenvalue weighted by Gasteiger charge is 2.39. The molecule has 2 N–H and O–H groups in total. The van der Waals surface area contributed by atoms with Gasteiger partial charge in [-0.1, -0.05) is 24.3 Å². The molecule has 0 radical (unpaired) electrons. The van der Waals surface area contributed by atoms with Crippen LogP contribution >= 0.6 is 0 Å². The Hall–Kier alpha value is -2.87. The van der Waals surface area contributed by atoms with Gasteiger partial charge in [0, 0.05) is 41.9 Å². The van der Waals surface area contributed by atoms with Gasteiger partial charge in [0.15, 0.2) is 0 Å². The minimum atomic E-state index is -4.46. The van der Waals surface area contributed by atoms with Crippen molar-refractivity contribution in [2.45, 2.75) is 50.5 Å². The van der Waals surface area contributed by atoms with Crippen molar-refractivity contribution in [3.8, 4) is 0 Å². The zero-order chi connectivity index (χ0) is 21.8. The van der Waals surface area contributed by atoms with Crippen molar-refractivity contribution >= 4 is 16.8 Å². The molecule has 1 amide bonds. The molecule has 1 unspecified atom stereocenters. The summed E-state index contributed by atoms with van der Waals surface area (Å²) in [6, 6.07) is 12.3. The molecule has 0 spiro atoms. The summed E-state index contributed by atoms with van der Waals surface area (Å²) in [5.41, 5.74) is 1.94. The first-order valence-electron chi connectivity index (χ1n) is 10.5. The van der Waals surface area contributed by atoms with Crippen molar-refractivity contribution in [2.24, 2.45) is 0 Å². The Balaban J connectivity index is 1.50. The monoisotopic (exact) mass is 430 g/mol. The second kappa shape index (κ2) is 9.09. The predicted molar refractivity (Wildman–Crippen MR) is 113 cm³/mol. The average Bonchev–Trinajstić information content (AvgIpc) is 3.20. The van der Waals surface area contributed by atoms with Crippen LogP contribution in [0.2, 0.25) is 0 Å². The highest BCUT2D eigenvalue weighted by molar-refractivity contribution is 5.98. The Labute approximate surface area is 178 Å². The molecule has 5 nitrogen and oxygen atoms in total. The number of fused-ring (bicyclic) bond motifs is 1. The third-order valence-electron chi connectivity index (χ3n) is 5.78. The van der Waals surface area contributed by atoms with Gasteiger partial charge in [-0.2, -0.15) is 13.2 Å². The van der Waals surface area contributed by atoms with E-state index in [2.05, 4.69) is 15.3 Å². The number of nitrogens with one attached hydrogen (secondary N) is 2. The van der Waals surface area contributed by atoms with Crippen LogP contribution in [0.25, 0.3) is 10.9 Å². The second-order valence-corrected chi connectivity index (χ2v) is 8.08. The molecule has 2 atom stereocenters. The highest BCUT2D eigenvalue weighted by Crippen LogP contribution is 2.29. The van der Waals surface area contributed by atoms with Crippen LogP contribution in [0.4, 0.5) is 13.2 Å². The van der Waals surface area contributed by atoms with E-state index in [0.717, 1.165) is 34.2 Å². The van der Waals surface area contributed by atoms with Crippen LogP contribution in [0, 0.1) is 0 Å². The maximum absolute atomic E-state index is 13.4. The van der Waals surface area contributed by atoms with Crippen molar-refractivity contribution in [3.63, 3.8) is 0 Å². The summed E-state index contributed by atoms with van der Waals surface area (Å²) in [5, 5.41) is 4.22. The van der Waals surface area contributed by atoms with E-state index in [9.17, 15) is 18.0 Å². The van der Waals surface area contributed by atoms with Crippen molar-refractivity contribution in [3.05, 3.63) is 66.1 Å². The van der Waals surface area contributed by atoms with Gasteiger partial charge in [0.2, 0.25) is 0 Å². The predicted octanol–water partition coefficient (Wildman–Crippen LogP) is 4.67. The fourth-order valence-corrected chi connectivity index (χ4v) is 4.30. The number of halogens is 3. The van der Waals surface area contributed by atoms with E-state index in [1.54, 1.807) is 24.5 Å². The molecular formula is C23H25F3N4O. The molecule has 4 rings (SSSR count). The number of H-pyrrole nitrogens is 1. The number of benzene rings is 1. The summed E-state index contributed by atoms with van der Waals surface area (Å²) >= 11 is 0. The van der Waals surface area contributed by atoms with Gasteiger partial charge in [-0.15, -0.1) is 0 Å². The zero-order valence-corrected chi connectivity index (χ0v) is 17.0. The Morgan fingerprint density at radius 2 is 2.03 bits per heavy atom. The van der Waals surface area contributed by atoms with Crippen molar-refractivity contribution in [2.75, 3.05) is 6.54 Å². The van der Waals surface area contributed by atoms with Crippen LogP contribution in [-0.4, -0.2) is 45.6 Å². The van der Waals surface area contributed by atoms with Crippen LogP contribution in [-0.2, 0) is 6.54 Å². The molecule has 3 aromatic rings. The van der Waals surface area contributed by atoms with E-state index in [4.69, 9.17) is 0 Å². The maximum atomic E-state index is 13.4. The molecule has 164 valence electrons. The number of rotatable bonds is 6. The number of alkyl halides is 3. The molecule has 0 aliphatic heterocycles. The van der Waals surface area contributed by atoms with E-state index < -0.39 is 24.7 Å². The number of amides is 1. The fourth-order valence-electron chi connectivity index (χ4n) is 4.30. The third-order valence-corrected chi connectivity index (χ3v) is 5.78. The minimum Gasteiger partial charge on any atom is -0.351 e. The van der Waals surface area contributed by atoms with Gasteiger partial charge < -0.3 is 15.2 Å². The van der Waals surface area contributed by atoms with Crippen LogP contribution in [0.3, 0.4) is 0 Å². The lowest BCUT2D eigenvalue weighted by Gasteiger charge is -2.38. The van der Waals surface area contributed by atoms with Gasteiger partial charge in [0.1, 0.15) is 12.2 Å². The molecule has 31 heavy (non-hydrogen) atoms. The van der Waals surface area contributed by atoms with Crippen LogP contribution in [0.5, 0.6) is 0 Å². The molecule has 1 aromatic carbocycles. The van der Waals surface area contributed by atoms with Crippen LogP contribution in [0.1, 0.15) is 41.7 Å². The molecule has 1 saturated carbocycles. The number of para-hydroxylation sites is 1. The minimum absolute atomic E-state index is 0.0465. The Morgan fingerprint density at radius 3 is 2.77 bits per heavy atom. The number of carbonyl (C=O) groups is 1. The van der Waals surface area contributed by atoms with Gasteiger partial charge in [0.25, 0.3) is 5.91 Å². The van der Waals surface area contributed by atoms with E-state index in [1.165, 1.54) is 0 Å². The lowest BCUT2D eigenvalue weighted by Crippen LogP contribution is -2.50. The van der Waals surface area contributed by atoms with Gasteiger partial charge in [0.05, 0.1) is 0 Å². The quantitative estimate of drug-likeness (QED) is 0.598. The Morgan fingerprint density at radius 1 is 1.19 bits per heavy atom. The first-order chi connectivity index (χ1) is 14.9. The third kappa shape index (κ3) is 5.44. The summed E-state index contributed by atoms with van der Waals surface area (Å²) < 4.78 is 40.1. The number of aromatic amines is 1. The number of aromatic nitrogens is 2. The van der Waals surface area contributed by atoms with E-state index in [0.29, 0.717) is 19.4 Å². The van der Waals surface area contributed by atoms with E-state index in [1.807, 2.05) is 30.3 Å². The number of pyridine rings is 1. The molecule has 1 aliphatic carbocycles. The SMILES string of the molecule is O=C(c1cc2ccccc2[nH]1)N(CC(F)(F)F)C1CCC[C@H](NCc2cccnc2)C1. The lowest BCUT2D eigenvalue weighted by atomic mass is 9.89. The molecule has 2 aromatic heterocycles. The molecule has 8 heteroatoms. The summed E-state index contributed by atoms with van der Waals surface area (Å²) in [6.07, 6.45) is 1.70. The largest absolute Gasteiger partial charge is 0.406 e. The Bertz CT molecular complexity index is 985. The fraction of sp³-hybridized carbons (Fsp3) is 0.391. The van der Waals surface area contributed by atoms with Gasteiger partial charge in [-0.25, -0.2) is 0 Å². The van der Waals surface area contributed by atoms with Crippen LogP contribution < -0.4 is 5.32 Å². The van der Waals surface area contributed by atoms with Crippen molar-refractivity contribution in [1.82, 2.24) is 20.2 Å². The summed E-state index contributed by atoms with van der Waals surface area (Å²) in [6.45, 7) is -0.651. The smallest absolute Gasteiger partial charge is 0.351 e. The topological polar surface area (TPSA) is 61.0 Å². The molecule has 0 bridgehead atoms.